The first-order valence-corrected chi connectivity index (χ1v) is 7.59. The van der Waals surface area contributed by atoms with Gasteiger partial charge in [-0.05, 0) is 25.1 Å². The van der Waals surface area contributed by atoms with Gasteiger partial charge >= 0.3 is 0 Å². The number of carbonyl (C=O) groups excluding carboxylic acids is 1. The van der Waals surface area contributed by atoms with E-state index in [1.165, 1.54) is 7.11 Å². The molecule has 6 nitrogen and oxygen atoms in total. The first-order chi connectivity index (χ1) is 11.7. The van der Waals surface area contributed by atoms with Gasteiger partial charge in [0.1, 0.15) is 11.9 Å². The number of carbonyl (C=O) groups is 1. The normalized spacial score (nSPS) is 20.6. The fourth-order valence-electron chi connectivity index (χ4n) is 2.93. The molecule has 0 saturated heterocycles. The lowest BCUT2D eigenvalue weighted by atomic mass is 10.0. The van der Waals surface area contributed by atoms with Crippen molar-refractivity contribution in [2.45, 2.75) is 19.1 Å². The average Bonchev–Trinajstić information content (AvgIpc) is 3.07. The summed E-state index contributed by atoms with van der Waals surface area (Å²) in [6, 6.07) is 8.99. The molecule has 0 aromatic heterocycles. The molecule has 0 spiro atoms. The molecular weight excluding hydrogens is 312 g/mol. The zero-order valence-corrected chi connectivity index (χ0v) is 13.3. The summed E-state index contributed by atoms with van der Waals surface area (Å²) in [6.45, 7) is 2.15. The quantitative estimate of drug-likeness (QED) is 0.807. The third kappa shape index (κ3) is 2.31. The first-order valence-electron chi connectivity index (χ1n) is 7.59. The second-order valence-corrected chi connectivity index (χ2v) is 5.63. The second-order valence-electron chi connectivity index (χ2n) is 5.63. The average molecular weight is 328 g/mol. The Morgan fingerprint density at radius 1 is 1.04 bits per heavy atom. The number of benzene rings is 2. The fraction of sp³-hybridized carbons (Fsp3) is 0.278. The lowest BCUT2D eigenvalue weighted by Crippen LogP contribution is -2.30. The van der Waals surface area contributed by atoms with Crippen LogP contribution in [-0.2, 0) is 0 Å². The molecule has 0 bridgehead atoms. The monoisotopic (exact) mass is 328 g/mol. The molecular formula is C18H16O6. The standard InChI is InChI=1S/C18H16O6/c1-10-18(11-3-4-13-15(5-11)22-9-21-13)24-17-7-14(20-2)12(8-19)6-16(17)23-10/h3-8,10,18H,9H2,1-2H3/t10-,18+/m0/s1. The molecule has 0 radical (unpaired) electrons. The molecule has 0 N–H and O–H groups in total. The largest absolute Gasteiger partial charge is 0.496 e. The zero-order chi connectivity index (χ0) is 16.7. The maximum Gasteiger partial charge on any atom is 0.231 e. The van der Waals surface area contributed by atoms with Gasteiger partial charge in [0.15, 0.2) is 35.4 Å². The number of fused-ring (bicyclic) bond motifs is 2. The van der Waals surface area contributed by atoms with Crippen LogP contribution in [0.5, 0.6) is 28.7 Å². The van der Waals surface area contributed by atoms with Crippen LogP contribution >= 0.6 is 0 Å². The lowest BCUT2D eigenvalue weighted by molar-refractivity contribution is 0.0302. The van der Waals surface area contributed by atoms with Crippen molar-refractivity contribution in [1.29, 1.82) is 0 Å². The number of hydrogen-bond acceptors (Lipinski definition) is 6. The summed E-state index contributed by atoms with van der Waals surface area (Å²) >= 11 is 0. The van der Waals surface area contributed by atoms with E-state index in [9.17, 15) is 4.79 Å². The number of ether oxygens (including phenoxy) is 5. The summed E-state index contributed by atoms with van der Waals surface area (Å²) in [6.07, 6.45) is 0.196. The summed E-state index contributed by atoms with van der Waals surface area (Å²) in [5, 5.41) is 0. The number of methoxy groups -OCH3 is 1. The Bertz CT molecular complexity index is 800. The molecule has 0 saturated carbocycles. The molecule has 2 aliphatic heterocycles. The van der Waals surface area contributed by atoms with Gasteiger partial charge in [0.25, 0.3) is 0 Å². The van der Waals surface area contributed by atoms with Crippen molar-refractivity contribution in [3.63, 3.8) is 0 Å². The lowest BCUT2D eigenvalue weighted by Gasteiger charge is -2.32. The summed E-state index contributed by atoms with van der Waals surface area (Å²) < 4.78 is 28.1. The van der Waals surface area contributed by atoms with Gasteiger partial charge in [-0.1, -0.05) is 6.07 Å². The molecule has 24 heavy (non-hydrogen) atoms. The van der Waals surface area contributed by atoms with E-state index in [0.29, 0.717) is 28.6 Å². The maximum absolute atomic E-state index is 11.1. The van der Waals surface area contributed by atoms with E-state index in [1.54, 1.807) is 12.1 Å². The SMILES string of the molecule is COc1cc2c(cc1C=O)O[C@@H](C)[C@H](c1ccc3c(c1)OCO3)O2. The van der Waals surface area contributed by atoms with Crippen molar-refractivity contribution in [1.82, 2.24) is 0 Å². The Morgan fingerprint density at radius 2 is 1.83 bits per heavy atom. The van der Waals surface area contributed by atoms with Crippen LogP contribution in [0.25, 0.3) is 0 Å². The summed E-state index contributed by atoms with van der Waals surface area (Å²) in [7, 11) is 1.51. The highest BCUT2D eigenvalue weighted by atomic mass is 16.7. The molecule has 2 aliphatic rings. The van der Waals surface area contributed by atoms with E-state index in [-0.39, 0.29) is 19.0 Å². The van der Waals surface area contributed by atoms with Gasteiger partial charge in [-0.3, -0.25) is 4.79 Å². The van der Waals surface area contributed by atoms with Crippen LogP contribution in [0.15, 0.2) is 30.3 Å². The van der Waals surface area contributed by atoms with Crippen LogP contribution in [-0.4, -0.2) is 26.3 Å². The van der Waals surface area contributed by atoms with Gasteiger partial charge in [0.05, 0.1) is 12.7 Å². The number of rotatable bonds is 3. The van der Waals surface area contributed by atoms with Crippen LogP contribution in [0.4, 0.5) is 0 Å². The smallest absolute Gasteiger partial charge is 0.231 e. The topological polar surface area (TPSA) is 63.2 Å². The molecule has 2 aromatic rings. The Hall–Kier alpha value is -2.89. The fourth-order valence-corrected chi connectivity index (χ4v) is 2.93. The molecule has 124 valence electrons. The number of hydrogen-bond donors (Lipinski definition) is 0. The van der Waals surface area contributed by atoms with E-state index < -0.39 is 0 Å². The highest BCUT2D eigenvalue weighted by Gasteiger charge is 2.32. The zero-order valence-electron chi connectivity index (χ0n) is 13.3. The Morgan fingerprint density at radius 3 is 2.62 bits per heavy atom. The molecule has 0 amide bonds. The second kappa shape index (κ2) is 5.63. The predicted octanol–water partition coefficient (Wildman–Crippen LogP) is 3.14. The van der Waals surface area contributed by atoms with E-state index in [2.05, 4.69) is 0 Å². The van der Waals surface area contributed by atoms with Crippen LogP contribution in [0.2, 0.25) is 0 Å². The van der Waals surface area contributed by atoms with Crippen molar-refractivity contribution >= 4 is 6.29 Å². The molecule has 2 aromatic carbocycles. The van der Waals surface area contributed by atoms with Gasteiger partial charge in [-0.25, -0.2) is 0 Å². The minimum Gasteiger partial charge on any atom is -0.496 e. The van der Waals surface area contributed by atoms with E-state index in [0.717, 1.165) is 17.6 Å². The third-order valence-corrected chi connectivity index (χ3v) is 4.14. The van der Waals surface area contributed by atoms with Gasteiger partial charge in [-0.15, -0.1) is 0 Å². The van der Waals surface area contributed by atoms with Gasteiger partial charge in [0.2, 0.25) is 6.79 Å². The third-order valence-electron chi connectivity index (χ3n) is 4.14. The highest BCUT2D eigenvalue weighted by molar-refractivity contribution is 5.81. The minimum atomic E-state index is -0.307. The first kappa shape index (κ1) is 14.7. The highest BCUT2D eigenvalue weighted by Crippen LogP contribution is 2.44. The van der Waals surface area contributed by atoms with Gasteiger partial charge < -0.3 is 23.7 Å². The number of aldehydes is 1. The molecule has 0 fully saturated rings. The molecule has 0 aliphatic carbocycles. The van der Waals surface area contributed by atoms with Crippen LogP contribution in [0.1, 0.15) is 28.9 Å². The summed E-state index contributed by atoms with van der Waals surface area (Å²) in [4.78, 5) is 11.1. The van der Waals surface area contributed by atoms with Crippen LogP contribution < -0.4 is 23.7 Å². The minimum absolute atomic E-state index is 0.227. The summed E-state index contributed by atoms with van der Waals surface area (Å²) in [5.74, 6) is 2.94. The van der Waals surface area contributed by atoms with E-state index in [1.807, 2.05) is 25.1 Å². The van der Waals surface area contributed by atoms with Gasteiger partial charge in [-0.2, -0.15) is 0 Å². The van der Waals surface area contributed by atoms with Crippen LogP contribution in [0, 0.1) is 0 Å². The van der Waals surface area contributed by atoms with Crippen molar-refractivity contribution in [3.8, 4) is 28.7 Å². The van der Waals surface area contributed by atoms with E-state index >= 15 is 0 Å². The van der Waals surface area contributed by atoms with Crippen molar-refractivity contribution in [2.75, 3.05) is 13.9 Å². The predicted molar refractivity (Wildman–Crippen MR) is 84.4 cm³/mol. The molecule has 2 heterocycles. The maximum atomic E-state index is 11.1. The van der Waals surface area contributed by atoms with Crippen molar-refractivity contribution < 1.29 is 28.5 Å². The Balaban J connectivity index is 1.69. The Kier molecular flexibility index (Phi) is 3.45. The molecule has 6 heteroatoms. The summed E-state index contributed by atoms with van der Waals surface area (Å²) in [5.41, 5.74) is 1.35. The molecule has 0 unspecified atom stereocenters. The van der Waals surface area contributed by atoms with Crippen LogP contribution in [0.3, 0.4) is 0 Å². The Labute approximate surface area is 138 Å². The molecule has 2 atom stereocenters. The van der Waals surface area contributed by atoms with E-state index in [4.69, 9.17) is 23.7 Å². The van der Waals surface area contributed by atoms with Crippen molar-refractivity contribution in [3.05, 3.63) is 41.5 Å². The van der Waals surface area contributed by atoms with Crippen molar-refractivity contribution in [2.24, 2.45) is 0 Å². The molecule has 4 rings (SSSR count). The van der Waals surface area contributed by atoms with Gasteiger partial charge in [0, 0.05) is 11.6 Å².